The van der Waals surface area contributed by atoms with Crippen molar-refractivity contribution in [1.82, 2.24) is 4.98 Å². The second kappa shape index (κ2) is 5.42. The van der Waals surface area contributed by atoms with Crippen molar-refractivity contribution < 1.29 is 0 Å². The molecule has 0 aliphatic rings. The number of nitrogens with zero attached hydrogens (tertiary/aromatic N) is 1. The van der Waals surface area contributed by atoms with Gasteiger partial charge in [0.2, 0.25) is 0 Å². The summed E-state index contributed by atoms with van der Waals surface area (Å²) in [5.74, 6) is 0. The van der Waals surface area contributed by atoms with Gasteiger partial charge in [0.1, 0.15) is 0 Å². The minimum absolute atomic E-state index is 1.04. The number of para-hydroxylation sites is 1. The van der Waals surface area contributed by atoms with Gasteiger partial charge in [-0.3, -0.25) is 0 Å². The molecule has 0 saturated heterocycles. The first-order valence-corrected chi connectivity index (χ1v) is 8.58. The van der Waals surface area contributed by atoms with Gasteiger partial charge >= 0.3 is 0 Å². The van der Waals surface area contributed by atoms with E-state index in [2.05, 4.69) is 91.9 Å². The minimum atomic E-state index is 1.04. The van der Waals surface area contributed by atoms with Crippen LogP contribution in [0.3, 0.4) is 0 Å². The molecule has 0 fully saturated rings. The summed E-state index contributed by atoms with van der Waals surface area (Å²) in [4.78, 5) is 5.01. The van der Waals surface area contributed by atoms with Crippen LogP contribution in [-0.2, 0) is 0 Å². The molecule has 1 heterocycles. The second-order valence-corrected chi connectivity index (χ2v) is 6.55. The van der Waals surface area contributed by atoms with Crippen LogP contribution in [0.5, 0.6) is 0 Å². The summed E-state index contributed by atoms with van der Waals surface area (Å²) in [5, 5.41) is 6.26. The normalized spacial score (nSPS) is 11.4. The zero-order valence-corrected chi connectivity index (χ0v) is 14.0. The summed E-state index contributed by atoms with van der Waals surface area (Å²) in [5.41, 5.74) is 4.53. The molecule has 0 spiro atoms. The molecule has 0 N–H and O–H groups in total. The molecule has 0 aliphatic carbocycles. The number of pyridine rings is 1. The molecular weight excluding hydrogens is 302 g/mol. The summed E-state index contributed by atoms with van der Waals surface area (Å²) >= 11 is 0. The Hall–Kier alpha value is -3.19. The fourth-order valence-electron chi connectivity index (χ4n) is 3.65. The maximum absolute atomic E-state index is 5.01. The SMILES string of the molecule is Cc1ccc(-c2nc3ccccc3c3c2ccc2ccccc23)cc1. The Bertz CT molecular complexity index is 1220. The van der Waals surface area contributed by atoms with E-state index >= 15 is 0 Å². The first-order chi connectivity index (χ1) is 12.3. The lowest BCUT2D eigenvalue weighted by molar-refractivity contribution is 1.41. The summed E-state index contributed by atoms with van der Waals surface area (Å²) in [6, 6.07) is 30.1. The summed E-state index contributed by atoms with van der Waals surface area (Å²) in [6.45, 7) is 2.11. The van der Waals surface area contributed by atoms with E-state index in [1.807, 2.05) is 0 Å². The molecule has 0 unspecified atom stereocenters. The highest BCUT2D eigenvalue weighted by atomic mass is 14.7. The van der Waals surface area contributed by atoms with Crippen LogP contribution < -0.4 is 0 Å². The van der Waals surface area contributed by atoms with E-state index in [1.165, 1.54) is 32.5 Å². The molecule has 0 aliphatic heterocycles. The zero-order chi connectivity index (χ0) is 16.8. The predicted octanol–water partition coefficient (Wildman–Crippen LogP) is 6.52. The quantitative estimate of drug-likeness (QED) is 0.321. The Balaban J connectivity index is 2.01. The third-order valence-electron chi connectivity index (χ3n) is 4.91. The Labute approximate surface area is 146 Å². The molecule has 25 heavy (non-hydrogen) atoms. The fraction of sp³-hybridized carbons (Fsp3) is 0.0417. The largest absolute Gasteiger partial charge is 0.247 e. The van der Waals surface area contributed by atoms with E-state index in [9.17, 15) is 0 Å². The summed E-state index contributed by atoms with van der Waals surface area (Å²) < 4.78 is 0. The fourth-order valence-corrected chi connectivity index (χ4v) is 3.65. The van der Waals surface area contributed by atoms with Crippen molar-refractivity contribution in [3.05, 3.63) is 90.5 Å². The van der Waals surface area contributed by atoms with Crippen LogP contribution in [0.4, 0.5) is 0 Å². The van der Waals surface area contributed by atoms with E-state index < -0.39 is 0 Å². The van der Waals surface area contributed by atoms with Gasteiger partial charge in [-0.05, 0) is 23.8 Å². The molecule has 5 aromatic rings. The molecular formula is C24H17N. The molecule has 1 heteroatoms. The maximum Gasteiger partial charge on any atom is 0.0788 e. The van der Waals surface area contributed by atoms with Crippen LogP contribution in [0, 0.1) is 6.92 Å². The predicted molar refractivity (Wildman–Crippen MR) is 107 cm³/mol. The Morgan fingerprint density at radius 2 is 1.32 bits per heavy atom. The van der Waals surface area contributed by atoms with Gasteiger partial charge in [-0.1, -0.05) is 84.4 Å². The second-order valence-electron chi connectivity index (χ2n) is 6.55. The molecule has 0 atom stereocenters. The molecule has 0 bridgehead atoms. The van der Waals surface area contributed by atoms with E-state index in [0.717, 1.165) is 16.8 Å². The highest BCUT2D eigenvalue weighted by molar-refractivity contribution is 6.22. The lowest BCUT2D eigenvalue weighted by atomic mass is 9.95. The van der Waals surface area contributed by atoms with Crippen molar-refractivity contribution in [1.29, 1.82) is 0 Å². The van der Waals surface area contributed by atoms with Crippen LogP contribution in [0.1, 0.15) is 5.56 Å². The third-order valence-corrected chi connectivity index (χ3v) is 4.91. The lowest BCUT2D eigenvalue weighted by Crippen LogP contribution is -1.90. The third kappa shape index (κ3) is 2.20. The van der Waals surface area contributed by atoms with E-state index in [4.69, 9.17) is 4.98 Å². The maximum atomic E-state index is 5.01. The highest BCUT2D eigenvalue weighted by Gasteiger charge is 2.12. The van der Waals surface area contributed by atoms with Crippen LogP contribution in [0.2, 0.25) is 0 Å². The van der Waals surface area contributed by atoms with Gasteiger partial charge in [0.25, 0.3) is 0 Å². The van der Waals surface area contributed by atoms with Crippen molar-refractivity contribution in [3.63, 3.8) is 0 Å². The minimum Gasteiger partial charge on any atom is -0.247 e. The molecule has 1 aromatic heterocycles. The summed E-state index contributed by atoms with van der Waals surface area (Å²) in [6.07, 6.45) is 0. The average Bonchev–Trinajstić information content (AvgIpc) is 2.67. The Morgan fingerprint density at radius 3 is 2.16 bits per heavy atom. The molecule has 4 aromatic carbocycles. The van der Waals surface area contributed by atoms with Crippen LogP contribution in [-0.4, -0.2) is 4.98 Å². The van der Waals surface area contributed by atoms with Gasteiger partial charge in [0.15, 0.2) is 0 Å². The monoisotopic (exact) mass is 319 g/mol. The molecule has 1 nitrogen and oxygen atoms in total. The topological polar surface area (TPSA) is 12.9 Å². The average molecular weight is 319 g/mol. The van der Waals surface area contributed by atoms with Gasteiger partial charge in [0, 0.05) is 21.7 Å². The van der Waals surface area contributed by atoms with Crippen molar-refractivity contribution >= 4 is 32.4 Å². The molecule has 5 rings (SSSR count). The van der Waals surface area contributed by atoms with Crippen molar-refractivity contribution in [2.75, 3.05) is 0 Å². The lowest BCUT2D eigenvalue weighted by Gasteiger charge is -2.12. The molecule has 0 radical (unpaired) electrons. The number of hydrogen-bond acceptors (Lipinski definition) is 1. The number of rotatable bonds is 1. The zero-order valence-electron chi connectivity index (χ0n) is 14.0. The summed E-state index contributed by atoms with van der Waals surface area (Å²) in [7, 11) is 0. The number of hydrogen-bond donors (Lipinski definition) is 0. The van der Waals surface area contributed by atoms with Gasteiger partial charge in [-0.25, -0.2) is 4.98 Å². The van der Waals surface area contributed by atoms with Crippen LogP contribution >= 0.6 is 0 Å². The van der Waals surface area contributed by atoms with E-state index in [-0.39, 0.29) is 0 Å². The first kappa shape index (κ1) is 14.2. The smallest absolute Gasteiger partial charge is 0.0788 e. The standard InChI is InChI=1S/C24H17N/c1-16-10-12-18(13-11-16)24-21-15-14-17-6-2-3-7-19(17)23(21)20-8-4-5-9-22(20)25-24/h2-15H,1H3. The Morgan fingerprint density at radius 1 is 0.600 bits per heavy atom. The van der Waals surface area contributed by atoms with Gasteiger partial charge in [-0.15, -0.1) is 0 Å². The van der Waals surface area contributed by atoms with Gasteiger partial charge < -0.3 is 0 Å². The van der Waals surface area contributed by atoms with Crippen LogP contribution in [0.15, 0.2) is 84.9 Å². The molecule has 0 amide bonds. The van der Waals surface area contributed by atoms with E-state index in [1.54, 1.807) is 0 Å². The Kier molecular flexibility index (Phi) is 3.07. The van der Waals surface area contributed by atoms with Crippen LogP contribution in [0.25, 0.3) is 43.7 Å². The number of fused-ring (bicyclic) bond motifs is 5. The number of benzene rings is 4. The van der Waals surface area contributed by atoms with Crippen molar-refractivity contribution in [2.45, 2.75) is 6.92 Å². The first-order valence-electron chi connectivity index (χ1n) is 8.58. The van der Waals surface area contributed by atoms with Crippen molar-refractivity contribution in [3.8, 4) is 11.3 Å². The highest BCUT2D eigenvalue weighted by Crippen LogP contribution is 2.36. The number of aromatic nitrogens is 1. The molecule has 118 valence electrons. The van der Waals surface area contributed by atoms with Gasteiger partial charge in [-0.2, -0.15) is 0 Å². The van der Waals surface area contributed by atoms with Gasteiger partial charge in [0.05, 0.1) is 11.2 Å². The molecule has 0 saturated carbocycles. The number of aryl methyl sites for hydroxylation is 1. The van der Waals surface area contributed by atoms with E-state index in [0.29, 0.717) is 0 Å². The van der Waals surface area contributed by atoms with Crippen molar-refractivity contribution in [2.24, 2.45) is 0 Å².